The maximum absolute atomic E-state index is 13.6. The van der Waals surface area contributed by atoms with E-state index in [1.165, 1.54) is 12.1 Å². The van der Waals surface area contributed by atoms with Gasteiger partial charge in [-0.25, -0.2) is 9.18 Å². The lowest BCUT2D eigenvalue weighted by molar-refractivity contribution is 0.0837. The number of halogens is 2. The van der Waals surface area contributed by atoms with Crippen LogP contribution < -0.4 is 5.69 Å². The number of rotatable bonds is 6. The molecule has 1 fully saturated rings. The molecule has 1 aromatic heterocycles. The van der Waals surface area contributed by atoms with E-state index >= 15 is 0 Å². The van der Waals surface area contributed by atoms with E-state index in [-0.39, 0.29) is 35.6 Å². The lowest BCUT2D eigenvalue weighted by Crippen LogP contribution is -2.39. The summed E-state index contributed by atoms with van der Waals surface area (Å²) in [6.45, 7) is 4.81. The average molecular weight is 519 g/mol. The van der Waals surface area contributed by atoms with Gasteiger partial charge in [0.2, 0.25) is 0 Å². The zero-order valence-corrected chi connectivity index (χ0v) is 21.4. The van der Waals surface area contributed by atoms with E-state index in [9.17, 15) is 14.0 Å². The molecule has 4 aromatic rings. The van der Waals surface area contributed by atoms with Crippen molar-refractivity contribution < 1.29 is 9.18 Å². The molecule has 6 nitrogen and oxygen atoms in total. The van der Waals surface area contributed by atoms with Gasteiger partial charge in [-0.1, -0.05) is 12.1 Å². The number of likely N-dealkylation sites (tertiary alicyclic amines) is 1. The third-order valence-corrected chi connectivity index (χ3v) is 7.13. The van der Waals surface area contributed by atoms with Crippen molar-refractivity contribution in [2.45, 2.75) is 26.3 Å². The van der Waals surface area contributed by atoms with Crippen molar-refractivity contribution in [2.24, 2.45) is 5.92 Å². The van der Waals surface area contributed by atoms with Gasteiger partial charge in [-0.3, -0.25) is 13.9 Å². The molecule has 0 bridgehead atoms. The first-order chi connectivity index (χ1) is 17.5. The third kappa shape index (κ3) is 5.22. The largest absolute Gasteiger partial charge is 0.333 e. The Kier molecular flexibility index (Phi) is 7.91. The van der Waals surface area contributed by atoms with Crippen LogP contribution in [0, 0.1) is 30.0 Å². The SMILES string of the molecule is Cc1cccc2c1n(CCN1CCC(C(=O)c3ccc(F)cc3)CC1)c(=O)n2-c1ccc(C#N)cc1.Cl. The number of aromatic nitrogens is 2. The van der Waals surface area contributed by atoms with Gasteiger partial charge in [0.15, 0.2) is 5.78 Å². The standard InChI is InChI=1S/C29H27FN4O2.ClH/c1-20-3-2-4-26-27(20)33(29(36)34(26)25-11-5-21(19-31)6-12-25)18-17-32-15-13-23(14-16-32)28(35)22-7-9-24(30)10-8-22;/h2-12,23H,13-18H2,1H3;1H. The maximum atomic E-state index is 13.6. The Hall–Kier alpha value is -3.73. The van der Waals surface area contributed by atoms with Crippen LogP contribution in [0.5, 0.6) is 0 Å². The van der Waals surface area contributed by atoms with Gasteiger partial charge in [0.25, 0.3) is 0 Å². The maximum Gasteiger partial charge on any atom is 0.333 e. The summed E-state index contributed by atoms with van der Waals surface area (Å²) in [4.78, 5) is 28.7. The molecule has 0 saturated carbocycles. The van der Waals surface area contributed by atoms with Crippen LogP contribution in [0.15, 0.2) is 71.5 Å². The minimum absolute atomic E-state index is 0. The highest BCUT2D eigenvalue weighted by Crippen LogP contribution is 2.24. The lowest BCUT2D eigenvalue weighted by atomic mass is 9.89. The van der Waals surface area contributed by atoms with Gasteiger partial charge in [0.1, 0.15) is 5.82 Å². The quantitative estimate of drug-likeness (QED) is 0.332. The molecule has 5 rings (SSSR count). The average Bonchev–Trinajstić information content (AvgIpc) is 3.20. The predicted octanol–water partition coefficient (Wildman–Crippen LogP) is 5.13. The number of hydrogen-bond acceptors (Lipinski definition) is 4. The molecule has 1 saturated heterocycles. The summed E-state index contributed by atoms with van der Waals surface area (Å²) in [5.41, 5.74) is 4.52. The van der Waals surface area contributed by atoms with Crippen molar-refractivity contribution in [1.29, 1.82) is 5.26 Å². The molecular formula is C29H28ClFN4O2. The smallest absolute Gasteiger partial charge is 0.302 e. The molecule has 1 aliphatic rings. The van der Waals surface area contributed by atoms with E-state index in [2.05, 4.69) is 11.0 Å². The molecule has 0 radical (unpaired) electrons. The number of carbonyl (C=O) groups excluding carboxylic acids is 1. The molecule has 0 atom stereocenters. The number of benzene rings is 3. The first-order valence-corrected chi connectivity index (χ1v) is 12.2. The van der Waals surface area contributed by atoms with Crippen molar-refractivity contribution in [1.82, 2.24) is 14.0 Å². The minimum Gasteiger partial charge on any atom is -0.302 e. The molecule has 190 valence electrons. The summed E-state index contributed by atoms with van der Waals surface area (Å²) in [6, 6.07) is 20.8. The van der Waals surface area contributed by atoms with Gasteiger partial charge in [-0.15, -0.1) is 12.4 Å². The molecule has 0 N–H and O–H groups in total. The van der Waals surface area contributed by atoms with Crippen molar-refractivity contribution in [3.63, 3.8) is 0 Å². The number of para-hydroxylation sites is 1. The van der Waals surface area contributed by atoms with Gasteiger partial charge in [-0.05, 0) is 93.0 Å². The first kappa shape index (κ1) is 26.3. The van der Waals surface area contributed by atoms with Crippen LogP contribution in [0.25, 0.3) is 16.7 Å². The molecule has 1 aliphatic heterocycles. The van der Waals surface area contributed by atoms with Crippen molar-refractivity contribution >= 4 is 29.2 Å². The van der Waals surface area contributed by atoms with Gasteiger partial charge in [0, 0.05) is 24.6 Å². The van der Waals surface area contributed by atoms with E-state index in [0.717, 1.165) is 48.2 Å². The second-order valence-electron chi connectivity index (χ2n) is 9.36. The topological polar surface area (TPSA) is 71.0 Å². The normalized spacial score (nSPS) is 14.3. The van der Waals surface area contributed by atoms with Crippen LogP contribution >= 0.6 is 12.4 Å². The van der Waals surface area contributed by atoms with Crippen LogP contribution in [0.1, 0.15) is 34.3 Å². The number of imidazole rings is 1. The van der Waals surface area contributed by atoms with Crippen LogP contribution in [0.2, 0.25) is 0 Å². The highest BCUT2D eigenvalue weighted by Gasteiger charge is 2.26. The van der Waals surface area contributed by atoms with E-state index in [0.29, 0.717) is 24.2 Å². The summed E-state index contributed by atoms with van der Waals surface area (Å²) in [6.07, 6.45) is 1.49. The van der Waals surface area contributed by atoms with E-state index in [1.807, 2.05) is 29.7 Å². The van der Waals surface area contributed by atoms with Gasteiger partial charge in [0.05, 0.1) is 28.4 Å². The molecule has 8 heteroatoms. The number of carbonyl (C=O) groups is 1. The molecule has 37 heavy (non-hydrogen) atoms. The highest BCUT2D eigenvalue weighted by atomic mass is 35.5. The zero-order valence-electron chi connectivity index (χ0n) is 20.6. The van der Waals surface area contributed by atoms with Crippen molar-refractivity contribution in [3.8, 4) is 11.8 Å². The Morgan fingerprint density at radius 2 is 1.68 bits per heavy atom. The molecule has 3 aromatic carbocycles. The molecule has 0 unspecified atom stereocenters. The number of Topliss-reactive ketones (excluding diaryl/α,β-unsaturated/α-hetero) is 1. The molecule has 2 heterocycles. The number of hydrogen-bond donors (Lipinski definition) is 0. The Morgan fingerprint density at radius 3 is 2.32 bits per heavy atom. The zero-order chi connectivity index (χ0) is 25.2. The van der Waals surface area contributed by atoms with Gasteiger partial charge >= 0.3 is 5.69 Å². The Bertz CT molecular complexity index is 1510. The van der Waals surface area contributed by atoms with E-state index in [4.69, 9.17) is 5.26 Å². The Balaban J connectivity index is 0.00000320. The summed E-state index contributed by atoms with van der Waals surface area (Å²) in [5, 5.41) is 9.11. The molecular weight excluding hydrogens is 491 g/mol. The fourth-order valence-corrected chi connectivity index (χ4v) is 5.15. The van der Waals surface area contributed by atoms with Gasteiger partial charge < -0.3 is 4.90 Å². The minimum atomic E-state index is -0.340. The molecule has 0 spiro atoms. The Labute approximate surface area is 221 Å². The third-order valence-electron chi connectivity index (χ3n) is 7.13. The summed E-state index contributed by atoms with van der Waals surface area (Å²) in [5.74, 6) is -0.325. The number of piperidine rings is 1. The fraction of sp³-hybridized carbons (Fsp3) is 0.276. The van der Waals surface area contributed by atoms with Crippen LogP contribution in [0.3, 0.4) is 0 Å². The second kappa shape index (κ2) is 11.1. The van der Waals surface area contributed by atoms with Crippen LogP contribution in [-0.2, 0) is 6.54 Å². The van der Waals surface area contributed by atoms with Crippen molar-refractivity contribution in [2.75, 3.05) is 19.6 Å². The molecule has 0 aliphatic carbocycles. The number of nitrogens with zero attached hydrogens (tertiary/aromatic N) is 4. The number of fused-ring (bicyclic) bond motifs is 1. The Morgan fingerprint density at radius 1 is 1.00 bits per heavy atom. The summed E-state index contributed by atoms with van der Waals surface area (Å²) < 4.78 is 16.7. The number of ketones is 1. The highest BCUT2D eigenvalue weighted by molar-refractivity contribution is 5.97. The van der Waals surface area contributed by atoms with Crippen LogP contribution in [-0.4, -0.2) is 39.5 Å². The van der Waals surface area contributed by atoms with Gasteiger partial charge in [-0.2, -0.15) is 5.26 Å². The predicted molar refractivity (Wildman–Crippen MR) is 144 cm³/mol. The first-order valence-electron chi connectivity index (χ1n) is 12.2. The fourth-order valence-electron chi connectivity index (χ4n) is 5.15. The number of nitriles is 1. The summed E-state index contributed by atoms with van der Waals surface area (Å²) >= 11 is 0. The second-order valence-corrected chi connectivity index (χ2v) is 9.36. The van der Waals surface area contributed by atoms with Crippen LogP contribution in [0.4, 0.5) is 4.39 Å². The van der Waals surface area contributed by atoms with E-state index in [1.54, 1.807) is 41.0 Å². The van der Waals surface area contributed by atoms with Crippen molar-refractivity contribution in [3.05, 3.63) is 99.7 Å². The lowest BCUT2D eigenvalue weighted by Gasteiger charge is -2.31. The number of aryl methyl sites for hydroxylation is 1. The molecule has 0 amide bonds. The monoisotopic (exact) mass is 518 g/mol. The summed E-state index contributed by atoms with van der Waals surface area (Å²) in [7, 11) is 0. The van der Waals surface area contributed by atoms with E-state index < -0.39 is 0 Å².